The van der Waals surface area contributed by atoms with Crippen molar-refractivity contribution in [1.29, 1.82) is 0 Å². The van der Waals surface area contributed by atoms with Gasteiger partial charge in [0.15, 0.2) is 5.82 Å². The maximum Gasteiger partial charge on any atom is 0.152 e. The fraction of sp³-hybridized carbons (Fsp3) is 0.385. The molecule has 0 atom stereocenters. The summed E-state index contributed by atoms with van der Waals surface area (Å²) in [5.41, 5.74) is 3.56. The minimum absolute atomic E-state index is 0.678. The quantitative estimate of drug-likeness (QED) is 0.947. The third-order valence-corrected chi connectivity index (χ3v) is 4.32. The van der Waals surface area contributed by atoms with Crippen molar-refractivity contribution < 1.29 is 0 Å². The molecule has 0 saturated carbocycles. The van der Waals surface area contributed by atoms with Crippen LogP contribution in [0.3, 0.4) is 0 Å². The zero-order chi connectivity index (χ0) is 13.3. The topological polar surface area (TPSA) is 42.7 Å². The fourth-order valence-corrected chi connectivity index (χ4v) is 2.06. The van der Waals surface area contributed by atoms with Crippen molar-refractivity contribution >= 4 is 21.6 Å². The van der Waals surface area contributed by atoms with Crippen LogP contribution in [0.2, 0.25) is 0 Å². The first-order chi connectivity index (χ1) is 8.49. The van der Waals surface area contributed by atoms with Crippen LogP contribution in [0.5, 0.6) is 0 Å². The number of rotatable bonds is 3. The van der Waals surface area contributed by atoms with E-state index < -0.39 is 0 Å². The maximum atomic E-state index is 4.13. The minimum atomic E-state index is 0.678. The van der Waals surface area contributed by atoms with Gasteiger partial charge in [-0.3, -0.25) is 0 Å². The molecule has 0 spiro atoms. The Hall–Kier alpha value is -1.36. The molecular weight excluding hydrogens is 292 g/mol. The summed E-state index contributed by atoms with van der Waals surface area (Å²) in [5, 5.41) is 11.6. The number of hydrogen-bond donors (Lipinski definition) is 1. The van der Waals surface area contributed by atoms with E-state index >= 15 is 0 Å². The molecule has 0 bridgehead atoms. The molecule has 0 unspecified atom stereocenters. The van der Waals surface area contributed by atoms with E-state index in [1.807, 2.05) is 18.5 Å². The average Bonchev–Trinajstić information content (AvgIpc) is 2.64. The van der Waals surface area contributed by atoms with Crippen LogP contribution in [0.15, 0.2) is 16.6 Å². The van der Waals surface area contributed by atoms with Gasteiger partial charge in [0.2, 0.25) is 0 Å². The van der Waals surface area contributed by atoms with Crippen molar-refractivity contribution in [2.45, 2.75) is 27.3 Å². The summed E-state index contributed by atoms with van der Waals surface area (Å²) in [6.07, 6.45) is 0. The molecule has 5 heteroatoms. The lowest BCUT2D eigenvalue weighted by Gasteiger charge is -2.10. The average molecular weight is 309 g/mol. The largest absolute Gasteiger partial charge is 0.378 e. The molecule has 0 fully saturated rings. The zero-order valence-corrected chi connectivity index (χ0v) is 12.7. The highest BCUT2D eigenvalue weighted by Crippen LogP contribution is 2.25. The lowest BCUT2D eigenvalue weighted by Crippen LogP contribution is -2.07. The van der Waals surface area contributed by atoms with Gasteiger partial charge in [-0.1, -0.05) is 15.9 Å². The highest BCUT2D eigenvalue weighted by Gasteiger charge is 2.06. The number of nitrogens with zero attached hydrogens (tertiary/aromatic N) is 3. The number of benzene rings is 1. The molecule has 2 rings (SSSR count). The lowest BCUT2D eigenvalue weighted by molar-refractivity contribution is 0.789. The van der Waals surface area contributed by atoms with Gasteiger partial charge in [-0.2, -0.15) is 0 Å². The van der Waals surface area contributed by atoms with Crippen LogP contribution >= 0.6 is 15.9 Å². The van der Waals surface area contributed by atoms with E-state index in [1.54, 1.807) is 0 Å². The van der Waals surface area contributed by atoms with Gasteiger partial charge >= 0.3 is 0 Å². The second kappa shape index (κ2) is 5.10. The number of nitrogens with one attached hydrogen (secondary N) is 1. The van der Waals surface area contributed by atoms with Gasteiger partial charge in [-0.25, -0.2) is 0 Å². The summed E-state index contributed by atoms with van der Waals surface area (Å²) >= 11 is 3.57. The Morgan fingerprint density at radius 2 is 1.78 bits per heavy atom. The summed E-state index contributed by atoms with van der Waals surface area (Å²) in [4.78, 5) is 0. The molecule has 0 aliphatic rings. The first kappa shape index (κ1) is 13.1. The Morgan fingerprint density at radius 1 is 1.17 bits per heavy atom. The first-order valence-corrected chi connectivity index (χ1v) is 6.64. The second-order valence-electron chi connectivity index (χ2n) is 4.50. The Balaban J connectivity index is 2.13. The Kier molecular flexibility index (Phi) is 3.71. The molecule has 1 aromatic carbocycles. The van der Waals surface area contributed by atoms with E-state index in [1.165, 1.54) is 15.6 Å². The van der Waals surface area contributed by atoms with Crippen LogP contribution in [0.4, 0.5) is 5.69 Å². The number of hydrogen-bond acceptors (Lipinski definition) is 3. The Bertz CT molecular complexity index is 551. The summed E-state index contributed by atoms with van der Waals surface area (Å²) in [5.74, 6) is 1.86. The van der Waals surface area contributed by atoms with Crippen LogP contribution in [-0.2, 0) is 13.6 Å². The van der Waals surface area contributed by atoms with E-state index in [-0.39, 0.29) is 0 Å². The van der Waals surface area contributed by atoms with Gasteiger partial charge in [-0.05, 0) is 44.0 Å². The van der Waals surface area contributed by atoms with Gasteiger partial charge in [0.1, 0.15) is 5.82 Å². The molecule has 2 aromatic rings. The molecule has 1 heterocycles. The predicted octanol–water partition coefficient (Wildman–Crippen LogP) is 3.11. The summed E-state index contributed by atoms with van der Waals surface area (Å²) in [6.45, 7) is 6.81. The van der Waals surface area contributed by atoms with Crippen LogP contribution in [-0.4, -0.2) is 14.8 Å². The molecule has 0 saturated heterocycles. The van der Waals surface area contributed by atoms with E-state index in [4.69, 9.17) is 0 Å². The van der Waals surface area contributed by atoms with Crippen molar-refractivity contribution in [3.05, 3.63) is 39.4 Å². The van der Waals surface area contributed by atoms with Crippen molar-refractivity contribution in [2.24, 2.45) is 7.05 Å². The Morgan fingerprint density at radius 3 is 2.28 bits per heavy atom. The van der Waals surface area contributed by atoms with E-state index in [0.717, 1.165) is 17.3 Å². The van der Waals surface area contributed by atoms with Gasteiger partial charge in [-0.15, -0.1) is 10.2 Å². The van der Waals surface area contributed by atoms with Crippen LogP contribution in [0.1, 0.15) is 22.8 Å². The highest BCUT2D eigenvalue weighted by molar-refractivity contribution is 9.10. The Labute approximate surface area is 116 Å². The van der Waals surface area contributed by atoms with Gasteiger partial charge in [0.05, 0.1) is 6.54 Å². The van der Waals surface area contributed by atoms with Crippen molar-refractivity contribution in [3.8, 4) is 0 Å². The summed E-state index contributed by atoms with van der Waals surface area (Å²) in [6, 6.07) is 4.25. The number of aryl methyl sites for hydroxylation is 3. The molecular formula is C13H17BrN4. The molecule has 0 radical (unpaired) electrons. The summed E-state index contributed by atoms with van der Waals surface area (Å²) < 4.78 is 3.16. The number of aromatic nitrogens is 3. The van der Waals surface area contributed by atoms with Crippen LogP contribution < -0.4 is 5.32 Å². The third-order valence-electron chi connectivity index (χ3n) is 3.07. The highest BCUT2D eigenvalue weighted by atomic mass is 79.9. The maximum absolute atomic E-state index is 4.13. The van der Waals surface area contributed by atoms with Crippen molar-refractivity contribution in [2.75, 3.05) is 5.32 Å². The fourth-order valence-electron chi connectivity index (χ4n) is 1.83. The van der Waals surface area contributed by atoms with E-state index in [9.17, 15) is 0 Å². The summed E-state index contributed by atoms with van der Waals surface area (Å²) in [7, 11) is 1.98. The zero-order valence-electron chi connectivity index (χ0n) is 11.1. The van der Waals surface area contributed by atoms with E-state index in [2.05, 4.69) is 57.4 Å². The SMILES string of the molecule is Cc1cc(NCc2nnc(C)n2C)cc(C)c1Br. The molecule has 0 aliphatic carbocycles. The molecule has 1 aromatic heterocycles. The number of halogens is 1. The lowest BCUT2D eigenvalue weighted by atomic mass is 10.1. The molecule has 1 N–H and O–H groups in total. The van der Waals surface area contributed by atoms with Crippen LogP contribution in [0, 0.1) is 20.8 Å². The third kappa shape index (κ3) is 2.56. The molecule has 18 heavy (non-hydrogen) atoms. The van der Waals surface area contributed by atoms with Crippen molar-refractivity contribution in [1.82, 2.24) is 14.8 Å². The normalized spacial score (nSPS) is 10.7. The van der Waals surface area contributed by atoms with Crippen LogP contribution in [0.25, 0.3) is 0 Å². The standard InChI is InChI=1S/C13H17BrN4/c1-8-5-11(6-9(2)13(8)14)15-7-12-17-16-10(3)18(12)4/h5-6,15H,7H2,1-4H3. The first-order valence-electron chi connectivity index (χ1n) is 5.84. The predicted molar refractivity (Wildman–Crippen MR) is 76.7 cm³/mol. The van der Waals surface area contributed by atoms with Gasteiger partial charge in [0, 0.05) is 17.2 Å². The number of anilines is 1. The van der Waals surface area contributed by atoms with Gasteiger partial charge < -0.3 is 9.88 Å². The molecule has 96 valence electrons. The molecule has 0 aliphatic heterocycles. The molecule has 4 nitrogen and oxygen atoms in total. The second-order valence-corrected chi connectivity index (χ2v) is 5.29. The van der Waals surface area contributed by atoms with Gasteiger partial charge in [0.25, 0.3) is 0 Å². The molecule has 0 amide bonds. The van der Waals surface area contributed by atoms with E-state index in [0.29, 0.717) is 6.54 Å². The van der Waals surface area contributed by atoms with Crippen molar-refractivity contribution in [3.63, 3.8) is 0 Å². The monoisotopic (exact) mass is 308 g/mol. The minimum Gasteiger partial charge on any atom is -0.378 e. The smallest absolute Gasteiger partial charge is 0.152 e.